The van der Waals surface area contributed by atoms with E-state index in [1.54, 1.807) is 6.92 Å². The number of ether oxygens (including phenoxy) is 5. The summed E-state index contributed by atoms with van der Waals surface area (Å²) in [7, 11) is 2.89. The fourth-order valence-electron chi connectivity index (χ4n) is 7.55. The van der Waals surface area contributed by atoms with Gasteiger partial charge >= 0.3 is 0 Å². The lowest BCUT2D eigenvalue weighted by atomic mass is 9.72. The van der Waals surface area contributed by atoms with E-state index in [0.29, 0.717) is 32.8 Å². The first-order valence-corrected chi connectivity index (χ1v) is 16.9. The molecule has 7 unspecified atom stereocenters. The van der Waals surface area contributed by atoms with Crippen molar-refractivity contribution in [3.05, 3.63) is 51.6 Å². The van der Waals surface area contributed by atoms with E-state index in [1.807, 2.05) is 11.8 Å². The third-order valence-corrected chi connectivity index (χ3v) is 10.1. The van der Waals surface area contributed by atoms with Crippen molar-refractivity contribution in [1.82, 2.24) is 15.5 Å². The standard InChI is InChI=1S/C35H45N3O12/c1-5-36-9-10-37-34(44)35(45)14-19-26(33(43)28-27(31(19)41)30(40)18-7-6-8-21(46-3)25(18)32(28)42)22(15-35)50-23-13-20(29(39)17(2)49-23)38-11-12-48-24(16-38)47-4/h6-8,17,20,22-24,29,36,39,41,43,45H,5,9-16H2,1-4H3,(H,37,44). The summed E-state index contributed by atoms with van der Waals surface area (Å²) in [5.74, 6) is -3.35. The average molecular weight is 700 g/mol. The Hall–Kier alpha value is -3.67. The summed E-state index contributed by atoms with van der Waals surface area (Å²) in [5, 5.41) is 52.5. The molecule has 2 saturated heterocycles. The van der Waals surface area contributed by atoms with Crippen LogP contribution < -0.4 is 15.4 Å². The van der Waals surface area contributed by atoms with Crippen LogP contribution in [0.2, 0.25) is 0 Å². The van der Waals surface area contributed by atoms with Gasteiger partial charge in [-0.15, -0.1) is 0 Å². The Bertz CT molecular complexity index is 1650. The molecule has 272 valence electrons. The van der Waals surface area contributed by atoms with E-state index in [0.717, 1.165) is 0 Å². The highest BCUT2D eigenvalue weighted by atomic mass is 16.7. The largest absolute Gasteiger partial charge is 0.507 e. The number of hydrogen-bond acceptors (Lipinski definition) is 14. The van der Waals surface area contributed by atoms with Crippen LogP contribution in [-0.2, 0) is 30.2 Å². The van der Waals surface area contributed by atoms with Crippen LogP contribution in [0.1, 0.15) is 75.8 Å². The van der Waals surface area contributed by atoms with Gasteiger partial charge in [0, 0.05) is 75.3 Å². The topological polar surface area (TPSA) is 206 Å². The summed E-state index contributed by atoms with van der Waals surface area (Å²) in [6, 6.07) is 4.02. The van der Waals surface area contributed by atoms with Gasteiger partial charge in [-0.05, 0) is 19.5 Å². The lowest BCUT2D eigenvalue weighted by molar-refractivity contribution is -0.266. The highest BCUT2D eigenvalue weighted by Crippen LogP contribution is 2.52. The van der Waals surface area contributed by atoms with Gasteiger partial charge < -0.3 is 54.7 Å². The molecule has 7 atom stereocenters. The molecule has 2 aromatic carbocycles. The molecule has 2 aliphatic carbocycles. The maximum Gasteiger partial charge on any atom is 0.252 e. The van der Waals surface area contributed by atoms with Gasteiger partial charge in [0.05, 0.1) is 48.7 Å². The molecule has 6 rings (SSSR count). The first-order valence-electron chi connectivity index (χ1n) is 16.9. The molecule has 50 heavy (non-hydrogen) atoms. The van der Waals surface area contributed by atoms with Crippen molar-refractivity contribution < 1.29 is 58.5 Å². The van der Waals surface area contributed by atoms with Gasteiger partial charge in [-0.25, -0.2) is 0 Å². The predicted octanol–water partition coefficient (Wildman–Crippen LogP) is 0.512. The zero-order chi connectivity index (χ0) is 35.9. The summed E-state index contributed by atoms with van der Waals surface area (Å²) in [6.07, 6.45) is -5.12. The number of aliphatic hydroxyl groups is 2. The Morgan fingerprint density at radius 3 is 2.56 bits per heavy atom. The Morgan fingerprint density at radius 2 is 1.84 bits per heavy atom. The molecular formula is C35H45N3O12. The Kier molecular flexibility index (Phi) is 10.5. The maximum absolute atomic E-state index is 14.0. The fraction of sp³-hybridized carbons (Fsp3) is 0.571. The molecule has 4 aliphatic rings. The number of amides is 1. The minimum atomic E-state index is -2.15. The Balaban J connectivity index is 1.41. The van der Waals surface area contributed by atoms with Crippen LogP contribution in [0.3, 0.4) is 0 Å². The summed E-state index contributed by atoms with van der Waals surface area (Å²) in [6.45, 7) is 6.21. The zero-order valence-electron chi connectivity index (χ0n) is 28.6. The van der Waals surface area contributed by atoms with E-state index in [2.05, 4.69) is 10.6 Å². The number of phenols is 2. The fourth-order valence-corrected chi connectivity index (χ4v) is 7.55. The number of nitrogens with one attached hydrogen (secondary N) is 2. The number of fused-ring (bicyclic) bond motifs is 3. The van der Waals surface area contributed by atoms with E-state index < -0.39 is 89.1 Å². The summed E-state index contributed by atoms with van der Waals surface area (Å²) < 4.78 is 28.9. The van der Waals surface area contributed by atoms with Gasteiger partial charge in [-0.2, -0.15) is 0 Å². The first kappa shape index (κ1) is 36.1. The molecule has 2 fully saturated rings. The van der Waals surface area contributed by atoms with E-state index >= 15 is 0 Å². The Morgan fingerprint density at radius 1 is 1.08 bits per heavy atom. The van der Waals surface area contributed by atoms with Crippen LogP contribution >= 0.6 is 0 Å². The van der Waals surface area contributed by atoms with Crippen molar-refractivity contribution in [3.8, 4) is 17.2 Å². The number of carbonyl (C=O) groups is 3. The first-order chi connectivity index (χ1) is 23.9. The van der Waals surface area contributed by atoms with Gasteiger partial charge in [0.15, 0.2) is 18.4 Å². The quantitative estimate of drug-likeness (QED) is 0.126. The molecule has 0 bridgehead atoms. The predicted molar refractivity (Wildman–Crippen MR) is 175 cm³/mol. The van der Waals surface area contributed by atoms with Crippen LogP contribution in [-0.4, -0.2) is 133 Å². The summed E-state index contributed by atoms with van der Waals surface area (Å²) in [4.78, 5) is 43.4. The number of rotatable bonds is 10. The molecule has 2 aromatic rings. The highest BCUT2D eigenvalue weighted by Gasteiger charge is 2.51. The molecule has 0 spiro atoms. The maximum atomic E-state index is 14.0. The third-order valence-electron chi connectivity index (χ3n) is 10.1. The van der Waals surface area contributed by atoms with Crippen LogP contribution in [0.25, 0.3) is 0 Å². The molecule has 15 heteroatoms. The van der Waals surface area contributed by atoms with Crippen molar-refractivity contribution in [3.63, 3.8) is 0 Å². The lowest BCUT2D eigenvalue weighted by Crippen LogP contribution is -2.59. The second-order valence-electron chi connectivity index (χ2n) is 13.1. The molecule has 0 radical (unpaired) electrons. The number of benzene rings is 2. The molecule has 1 amide bonds. The van der Waals surface area contributed by atoms with E-state index in [1.165, 1.54) is 32.4 Å². The van der Waals surface area contributed by atoms with Gasteiger partial charge in [0.2, 0.25) is 5.78 Å². The van der Waals surface area contributed by atoms with Crippen molar-refractivity contribution in [2.75, 3.05) is 53.6 Å². The molecule has 6 N–H and O–H groups in total. The highest BCUT2D eigenvalue weighted by molar-refractivity contribution is 6.31. The average Bonchev–Trinajstić information content (AvgIpc) is 3.11. The number of ketones is 2. The number of nitrogens with zero attached hydrogens (tertiary/aromatic N) is 1. The van der Waals surface area contributed by atoms with Gasteiger partial charge in [0.25, 0.3) is 5.91 Å². The second kappa shape index (κ2) is 14.5. The van der Waals surface area contributed by atoms with E-state index in [9.17, 15) is 34.8 Å². The number of morpholine rings is 1. The third kappa shape index (κ3) is 6.37. The van der Waals surface area contributed by atoms with Gasteiger partial charge in [-0.1, -0.05) is 19.1 Å². The van der Waals surface area contributed by atoms with Gasteiger partial charge in [-0.3, -0.25) is 19.3 Å². The minimum Gasteiger partial charge on any atom is -0.507 e. The van der Waals surface area contributed by atoms with Crippen LogP contribution in [0, 0.1) is 0 Å². The van der Waals surface area contributed by atoms with Crippen molar-refractivity contribution in [2.24, 2.45) is 0 Å². The second-order valence-corrected chi connectivity index (χ2v) is 13.1. The number of hydrogen-bond donors (Lipinski definition) is 6. The van der Waals surface area contributed by atoms with Crippen molar-refractivity contribution in [2.45, 2.75) is 75.6 Å². The van der Waals surface area contributed by atoms with E-state index in [-0.39, 0.29) is 47.4 Å². The molecular weight excluding hydrogens is 654 g/mol. The molecule has 0 aromatic heterocycles. The molecule has 2 aliphatic heterocycles. The minimum absolute atomic E-state index is 0.0236. The molecule has 2 heterocycles. The van der Waals surface area contributed by atoms with Crippen LogP contribution in [0.5, 0.6) is 17.2 Å². The SMILES string of the molecule is CCNCCNC(=O)C1(O)Cc2c(O)c3c(c(O)c2C(OC2CC(N4CCOC(OC)C4)C(O)C(C)O2)C1)C(=O)c1c(OC)cccc1C3=O. The van der Waals surface area contributed by atoms with E-state index in [4.69, 9.17) is 23.7 Å². The van der Waals surface area contributed by atoms with Crippen molar-refractivity contribution in [1.29, 1.82) is 0 Å². The number of aliphatic hydroxyl groups excluding tert-OH is 1. The molecule has 0 saturated carbocycles. The summed E-state index contributed by atoms with van der Waals surface area (Å²) >= 11 is 0. The van der Waals surface area contributed by atoms with Crippen LogP contribution in [0.15, 0.2) is 18.2 Å². The monoisotopic (exact) mass is 699 g/mol. The zero-order valence-corrected chi connectivity index (χ0v) is 28.6. The molecule has 15 nitrogen and oxygen atoms in total. The van der Waals surface area contributed by atoms with Crippen LogP contribution in [0.4, 0.5) is 0 Å². The number of phenolic OH excluding ortho intramolecular Hbond substituents is 2. The number of aromatic hydroxyl groups is 2. The normalized spacial score (nSPS) is 29.6. The summed E-state index contributed by atoms with van der Waals surface area (Å²) in [5.41, 5.74) is -3.25. The number of likely N-dealkylation sites (N-methyl/N-ethyl adjacent to an activating group) is 1. The lowest BCUT2D eigenvalue weighted by Gasteiger charge is -2.47. The smallest absolute Gasteiger partial charge is 0.252 e. The van der Waals surface area contributed by atoms with Crippen molar-refractivity contribution >= 4 is 17.5 Å². The number of carbonyl (C=O) groups excluding carboxylic acids is 3. The Labute approximate surface area is 289 Å². The number of methoxy groups -OCH3 is 2. The van der Waals surface area contributed by atoms with Gasteiger partial charge in [0.1, 0.15) is 22.8 Å².